The van der Waals surface area contributed by atoms with Crippen LogP contribution in [0.2, 0.25) is 0 Å². The topological polar surface area (TPSA) is 27.7 Å². The van der Waals surface area contributed by atoms with Gasteiger partial charge < -0.3 is 14.2 Å². The largest absolute Gasteiger partial charge is 0.353 e. The average molecular weight is 160 g/mol. The van der Waals surface area contributed by atoms with Crippen LogP contribution < -0.4 is 0 Å². The molecule has 0 amide bonds. The van der Waals surface area contributed by atoms with Gasteiger partial charge in [-0.15, -0.1) is 0 Å². The van der Waals surface area contributed by atoms with Crippen LogP contribution in [0, 0.1) is 0 Å². The van der Waals surface area contributed by atoms with Crippen molar-refractivity contribution in [3.05, 3.63) is 0 Å². The van der Waals surface area contributed by atoms with Crippen molar-refractivity contribution in [1.82, 2.24) is 0 Å². The average Bonchev–Trinajstić information content (AvgIpc) is 2.25. The van der Waals surface area contributed by atoms with Crippen LogP contribution in [0.25, 0.3) is 0 Å². The summed E-state index contributed by atoms with van der Waals surface area (Å²) in [4.78, 5) is 0. The molecule has 1 fully saturated rings. The van der Waals surface area contributed by atoms with E-state index in [1.807, 2.05) is 13.8 Å². The van der Waals surface area contributed by atoms with E-state index in [2.05, 4.69) is 6.92 Å². The first kappa shape index (κ1) is 8.97. The van der Waals surface area contributed by atoms with E-state index in [1.165, 1.54) is 0 Å². The molecular weight excluding hydrogens is 144 g/mol. The van der Waals surface area contributed by atoms with Crippen molar-refractivity contribution >= 4 is 0 Å². The van der Waals surface area contributed by atoms with Crippen LogP contribution in [-0.4, -0.2) is 25.3 Å². The Morgan fingerprint density at radius 3 is 2.36 bits per heavy atom. The highest BCUT2D eigenvalue weighted by molar-refractivity contribution is 4.73. The fraction of sp³-hybridized carbons (Fsp3) is 1.00. The Bertz CT molecular complexity index is 119. The number of hydrogen-bond donors (Lipinski definition) is 0. The third-order valence-corrected chi connectivity index (χ3v) is 1.77. The lowest BCUT2D eigenvalue weighted by Crippen LogP contribution is -2.23. The molecule has 0 aromatic heterocycles. The predicted octanol–water partition coefficient (Wildman–Crippen LogP) is 1.52. The summed E-state index contributed by atoms with van der Waals surface area (Å²) < 4.78 is 16.1. The maximum Gasteiger partial charge on any atom is 0.186 e. The molecule has 3 nitrogen and oxygen atoms in total. The Kier molecular flexibility index (Phi) is 2.52. The molecule has 0 spiro atoms. The number of hydrogen-bond acceptors (Lipinski definition) is 3. The van der Waals surface area contributed by atoms with Gasteiger partial charge in [-0.05, 0) is 20.3 Å². The molecule has 0 radical (unpaired) electrons. The van der Waals surface area contributed by atoms with Gasteiger partial charge in [-0.25, -0.2) is 0 Å². The molecule has 11 heavy (non-hydrogen) atoms. The van der Waals surface area contributed by atoms with Crippen molar-refractivity contribution in [2.24, 2.45) is 0 Å². The molecule has 1 heterocycles. The molecule has 1 aliphatic heterocycles. The quantitative estimate of drug-likeness (QED) is 0.613. The standard InChI is InChI=1S/C8H16O3/c1-5-6-7(9-4)11-8(2,3)10-6/h6-7H,5H2,1-4H3. The molecule has 1 aliphatic rings. The molecule has 2 atom stereocenters. The third-order valence-electron chi connectivity index (χ3n) is 1.77. The Hall–Kier alpha value is -0.120. The molecule has 66 valence electrons. The minimum atomic E-state index is -0.485. The lowest BCUT2D eigenvalue weighted by molar-refractivity contribution is -0.182. The molecule has 3 heteroatoms. The predicted molar refractivity (Wildman–Crippen MR) is 41.1 cm³/mol. The highest BCUT2D eigenvalue weighted by Crippen LogP contribution is 2.29. The monoisotopic (exact) mass is 160 g/mol. The minimum Gasteiger partial charge on any atom is -0.353 e. The second-order valence-electron chi connectivity index (χ2n) is 3.19. The Morgan fingerprint density at radius 2 is 2.00 bits per heavy atom. The summed E-state index contributed by atoms with van der Waals surface area (Å²) in [5.41, 5.74) is 0. The van der Waals surface area contributed by atoms with Gasteiger partial charge in [0.1, 0.15) is 6.10 Å². The first-order valence-electron chi connectivity index (χ1n) is 3.97. The van der Waals surface area contributed by atoms with Crippen LogP contribution in [0.15, 0.2) is 0 Å². The van der Waals surface area contributed by atoms with E-state index >= 15 is 0 Å². The van der Waals surface area contributed by atoms with Crippen molar-refractivity contribution in [2.75, 3.05) is 7.11 Å². The van der Waals surface area contributed by atoms with Gasteiger partial charge in [0.05, 0.1) is 0 Å². The molecule has 0 aromatic rings. The first-order valence-corrected chi connectivity index (χ1v) is 3.97. The van der Waals surface area contributed by atoms with E-state index in [4.69, 9.17) is 14.2 Å². The Morgan fingerprint density at radius 1 is 1.36 bits per heavy atom. The zero-order valence-corrected chi connectivity index (χ0v) is 7.59. The van der Waals surface area contributed by atoms with Crippen LogP contribution in [0.1, 0.15) is 27.2 Å². The van der Waals surface area contributed by atoms with Gasteiger partial charge in [0.25, 0.3) is 0 Å². The number of rotatable bonds is 2. The van der Waals surface area contributed by atoms with Gasteiger partial charge in [0.15, 0.2) is 12.1 Å². The fourth-order valence-corrected chi connectivity index (χ4v) is 1.28. The smallest absolute Gasteiger partial charge is 0.186 e. The molecule has 2 unspecified atom stereocenters. The van der Waals surface area contributed by atoms with Crippen molar-refractivity contribution in [3.63, 3.8) is 0 Å². The molecule has 0 bridgehead atoms. The van der Waals surface area contributed by atoms with Crippen LogP contribution in [-0.2, 0) is 14.2 Å². The highest BCUT2D eigenvalue weighted by Gasteiger charge is 2.40. The molecule has 0 aliphatic carbocycles. The molecule has 0 aromatic carbocycles. The zero-order chi connectivity index (χ0) is 8.48. The van der Waals surface area contributed by atoms with Gasteiger partial charge in [-0.2, -0.15) is 0 Å². The zero-order valence-electron chi connectivity index (χ0n) is 7.59. The fourth-order valence-electron chi connectivity index (χ4n) is 1.28. The van der Waals surface area contributed by atoms with Crippen molar-refractivity contribution in [3.8, 4) is 0 Å². The van der Waals surface area contributed by atoms with E-state index in [0.717, 1.165) is 6.42 Å². The minimum absolute atomic E-state index is 0.0787. The van der Waals surface area contributed by atoms with Crippen molar-refractivity contribution in [1.29, 1.82) is 0 Å². The molecule has 0 N–H and O–H groups in total. The first-order chi connectivity index (χ1) is 5.09. The third kappa shape index (κ3) is 1.92. The van der Waals surface area contributed by atoms with Gasteiger partial charge in [-0.3, -0.25) is 0 Å². The molecule has 0 saturated carbocycles. The van der Waals surface area contributed by atoms with Crippen molar-refractivity contribution < 1.29 is 14.2 Å². The summed E-state index contributed by atoms with van der Waals surface area (Å²) in [6, 6.07) is 0. The second-order valence-corrected chi connectivity index (χ2v) is 3.19. The SMILES string of the molecule is CCC1OC(C)(C)OC1OC. The summed E-state index contributed by atoms with van der Waals surface area (Å²) in [5, 5.41) is 0. The van der Waals surface area contributed by atoms with Gasteiger partial charge in [0.2, 0.25) is 0 Å². The molecular formula is C8H16O3. The highest BCUT2D eigenvalue weighted by atomic mass is 16.8. The maximum atomic E-state index is 5.55. The summed E-state index contributed by atoms with van der Waals surface area (Å²) in [6.07, 6.45) is 0.798. The van der Waals surface area contributed by atoms with Crippen LogP contribution >= 0.6 is 0 Å². The van der Waals surface area contributed by atoms with E-state index in [1.54, 1.807) is 7.11 Å². The van der Waals surface area contributed by atoms with Gasteiger partial charge in [0, 0.05) is 7.11 Å². The van der Waals surface area contributed by atoms with Gasteiger partial charge in [-0.1, -0.05) is 6.92 Å². The number of methoxy groups -OCH3 is 1. The Balaban J connectivity index is 2.55. The second kappa shape index (κ2) is 3.09. The molecule has 1 rings (SSSR count). The summed E-state index contributed by atoms with van der Waals surface area (Å²) >= 11 is 0. The van der Waals surface area contributed by atoms with Gasteiger partial charge >= 0.3 is 0 Å². The summed E-state index contributed by atoms with van der Waals surface area (Å²) in [7, 11) is 1.64. The van der Waals surface area contributed by atoms with E-state index in [0.29, 0.717) is 0 Å². The van der Waals surface area contributed by atoms with Crippen molar-refractivity contribution in [2.45, 2.75) is 45.4 Å². The lowest BCUT2D eigenvalue weighted by atomic mass is 10.3. The molecule has 1 saturated heterocycles. The summed E-state index contributed by atoms with van der Waals surface area (Å²) in [5.74, 6) is -0.485. The maximum absolute atomic E-state index is 5.55. The van der Waals surface area contributed by atoms with Crippen LogP contribution in [0.3, 0.4) is 0 Å². The number of ether oxygens (including phenoxy) is 3. The van der Waals surface area contributed by atoms with Crippen LogP contribution in [0.4, 0.5) is 0 Å². The van der Waals surface area contributed by atoms with E-state index in [9.17, 15) is 0 Å². The Labute approximate surface area is 67.6 Å². The lowest BCUT2D eigenvalue weighted by Gasteiger charge is -2.15. The summed E-state index contributed by atoms with van der Waals surface area (Å²) in [6.45, 7) is 5.85. The van der Waals surface area contributed by atoms with E-state index in [-0.39, 0.29) is 12.4 Å². The van der Waals surface area contributed by atoms with E-state index < -0.39 is 5.79 Å². The normalized spacial score (nSPS) is 36.0. The van der Waals surface area contributed by atoms with Crippen LogP contribution in [0.5, 0.6) is 0 Å².